The molecule has 0 spiro atoms. The van der Waals surface area contributed by atoms with Crippen LogP contribution in [-0.2, 0) is 26.0 Å². The van der Waals surface area contributed by atoms with Crippen molar-refractivity contribution < 1.29 is 18.0 Å². The van der Waals surface area contributed by atoms with Crippen molar-refractivity contribution in [2.75, 3.05) is 25.0 Å². The second kappa shape index (κ2) is 10.4. The van der Waals surface area contributed by atoms with Gasteiger partial charge in [-0.2, -0.15) is 0 Å². The summed E-state index contributed by atoms with van der Waals surface area (Å²) in [6.07, 6.45) is 5.73. The number of benzene rings is 2. The molecule has 8 nitrogen and oxygen atoms in total. The molecule has 2 N–H and O–H groups in total. The molecule has 1 fully saturated rings. The number of hydrogen-bond donors (Lipinski definition) is 2. The number of rotatable bonds is 8. The van der Waals surface area contributed by atoms with Crippen LogP contribution in [0.25, 0.3) is 0 Å². The third-order valence-electron chi connectivity index (χ3n) is 6.19. The van der Waals surface area contributed by atoms with Crippen LogP contribution in [-0.4, -0.2) is 55.1 Å². The summed E-state index contributed by atoms with van der Waals surface area (Å²) >= 11 is 0. The second-order valence-corrected chi connectivity index (χ2v) is 10.6. The summed E-state index contributed by atoms with van der Waals surface area (Å²) in [6.45, 7) is 5.21. The fraction of sp³-hybridized carbons (Fsp3) is 0.360. The third kappa shape index (κ3) is 5.66. The summed E-state index contributed by atoms with van der Waals surface area (Å²) < 4.78 is 27.3. The van der Waals surface area contributed by atoms with Crippen LogP contribution in [0, 0.1) is 6.92 Å². The summed E-state index contributed by atoms with van der Waals surface area (Å²) in [5.74, 6) is -0.991. The van der Waals surface area contributed by atoms with Crippen molar-refractivity contribution in [2.24, 2.45) is 0 Å². The molecule has 9 heteroatoms. The maximum Gasteiger partial charge on any atom is 0.264 e. The van der Waals surface area contributed by atoms with Gasteiger partial charge in [0.1, 0.15) is 6.04 Å². The van der Waals surface area contributed by atoms with Crippen molar-refractivity contribution in [3.05, 3.63) is 72.1 Å². The van der Waals surface area contributed by atoms with E-state index in [2.05, 4.69) is 15.5 Å². The first-order chi connectivity index (χ1) is 16.3. The van der Waals surface area contributed by atoms with Crippen LogP contribution in [0.2, 0.25) is 0 Å². The van der Waals surface area contributed by atoms with Gasteiger partial charge < -0.3 is 15.5 Å². The van der Waals surface area contributed by atoms with E-state index in [9.17, 15) is 18.0 Å². The Bertz CT molecular complexity index is 1150. The largest absolute Gasteiger partial charge is 0.329 e. The molecular weight excluding hydrogens is 452 g/mol. The van der Waals surface area contributed by atoms with E-state index in [4.69, 9.17) is 0 Å². The Morgan fingerprint density at radius 2 is 1.74 bits per heavy atom. The highest BCUT2D eigenvalue weighted by Gasteiger charge is 2.36. The Labute approximate surface area is 200 Å². The number of aryl methyl sites for hydroxylation is 1. The average Bonchev–Trinajstić information content (AvgIpc) is 3.34. The second-order valence-electron chi connectivity index (χ2n) is 8.74. The predicted molar refractivity (Wildman–Crippen MR) is 130 cm³/mol. The summed E-state index contributed by atoms with van der Waals surface area (Å²) in [6, 6.07) is 12.8. The molecule has 1 saturated heterocycles. The van der Waals surface area contributed by atoms with Gasteiger partial charge in [0, 0.05) is 24.6 Å². The van der Waals surface area contributed by atoms with E-state index < -0.39 is 27.9 Å². The number of anilines is 1. The minimum atomic E-state index is -4.00. The number of sulfonamides is 1. The molecule has 2 aromatic carbocycles. The highest BCUT2D eigenvalue weighted by atomic mass is 32.2. The molecular formula is C25H30N4O4S. The van der Waals surface area contributed by atoms with Gasteiger partial charge in [0.05, 0.1) is 11.3 Å². The summed E-state index contributed by atoms with van der Waals surface area (Å²) in [5.41, 5.74) is 2.72. The summed E-state index contributed by atoms with van der Waals surface area (Å²) in [7, 11) is -4.00. The Morgan fingerprint density at radius 3 is 2.41 bits per heavy atom. The summed E-state index contributed by atoms with van der Waals surface area (Å²) in [4.78, 5) is 27.7. The number of carbonyl (C=O) groups excluding carboxylic acids is 2. The SMILES string of the molecule is Cc1ccc(S(=O)(=O)N2C=CNC(=O)[C@H]2CC(=O)Nc2ccc(CCN3CCCC3)cc2)cc1. The first-order valence-electron chi connectivity index (χ1n) is 11.5. The van der Waals surface area contributed by atoms with E-state index in [1.165, 1.54) is 42.9 Å². The van der Waals surface area contributed by atoms with E-state index in [1.807, 2.05) is 31.2 Å². The van der Waals surface area contributed by atoms with Gasteiger partial charge in [-0.05, 0) is 69.1 Å². The fourth-order valence-electron chi connectivity index (χ4n) is 4.21. The number of nitrogens with zero attached hydrogens (tertiary/aromatic N) is 2. The summed E-state index contributed by atoms with van der Waals surface area (Å²) in [5, 5.41) is 5.28. The smallest absolute Gasteiger partial charge is 0.264 e. The predicted octanol–water partition coefficient (Wildman–Crippen LogP) is 2.62. The minimum absolute atomic E-state index is 0.0624. The van der Waals surface area contributed by atoms with Crippen LogP contribution < -0.4 is 10.6 Å². The maximum atomic E-state index is 13.1. The van der Waals surface area contributed by atoms with E-state index >= 15 is 0 Å². The van der Waals surface area contributed by atoms with Crippen molar-refractivity contribution in [3.8, 4) is 0 Å². The topological polar surface area (TPSA) is 98.8 Å². The van der Waals surface area contributed by atoms with Crippen molar-refractivity contribution in [3.63, 3.8) is 0 Å². The molecule has 4 rings (SSSR count). The fourth-order valence-corrected chi connectivity index (χ4v) is 5.66. The molecule has 34 heavy (non-hydrogen) atoms. The molecule has 2 aliphatic heterocycles. The molecule has 0 radical (unpaired) electrons. The Hall–Kier alpha value is -3.17. The van der Waals surface area contributed by atoms with Gasteiger partial charge in [-0.3, -0.25) is 13.9 Å². The Kier molecular flexibility index (Phi) is 7.33. The van der Waals surface area contributed by atoms with Gasteiger partial charge in [-0.25, -0.2) is 8.42 Å². The van der Waals surface area contributed by atoms with Gasteiger partial charge in [0.15, 0.2) is 0 Å². The zero-order chi connectivity index (χ0) is 24.1. The van der Waals surface area contributed by atoms with Gasteiger partial charge in [-0.1, -0.05) is 29.8 Å². The Balaban J connectivity index is 1.39. The highest BCUT2D eigenvalue weighted by Crippen LogP contribution is 2.23. The first-order valence-corrected chi connectivity index (χ1v) is 13.0. The van der Waals surface area contributed by atoms with Crippen LogP contribution in [0.3, 0.4) is 0 Å². The highest BCUT2D eigenvalue weighted by molar-refractivity contribution is 7.89. The van der Waals surface area contributed by atoms with Crippen LogP contribution in [0.1, 0.15) is 30.4 Å². The van der Waals surface area contributed by atoms with E-state index in [0.717, 1.165) is 35.9 Å². The van der Waals surface area contributed by atoms with Crippen molar-refractivity contribution >= 4 is 27.5 Å². The van der Waals surface area contributed by atoms with E-state index in [1.54, 1.807) is 12.1 Å². The lowest BCUT2D eigenvalue weighted by atomic mass is 10.1. The molecule has 2 aliphatic rings. The molecule has 0 aromatic heterocycles. The molecule has 0 saturated carbocycles. The molecule has 2 heterocycles. The monoisotopic (exact) mass is 482 g/mol. The number of hydrogen-bond acceptors (Lipinski definition) is 5. The van der Waals surface area contributed by atoms with Crippen LogP contribution in [0.5, 0.6) is 0 Å². The van der Waals surface area contributed by atoms with Gasteiger partial charge in [-0.15, -0.1) is 0 Å². The number of likely N-dealkylation sites (tertiary alicyclic amines) is 1. The van der Waals surface area contributed by atoms with Crippen LogP contribution >= 0.6 is 0 Å². The lowest BCUT2D eigenvalue weighted by Gasteiger charge is -2.31. The van der Waals surface area contributed by atoms with E-state index in [0.29, 0.717) is 5.69 Å². The van der Waals surface area contributed by atoms with Crippen molar-refractivity contribution in [2.45, 2.75) is 43.5 Å². The normalized spacial score (nSPS) is 18.7. The molecule has 180 valence electrons. The van der Waals surface area contributed by atoms with Gasteiger partial charge in [0.2, 0.25) is 11.8 Å². The third-order valence-corrected chi connectivity index (χ3v) is 7.98. The molecule has 0 aliphatic carbocycles. The van der Waals surface area contributed by atoms with E-state index in [-0.39, 0.29) is 11.3 Å². The maximum absolute atomic E-state index is 13.1. The number of carbonyl (C=O) groups is 2. The quantitative estimate of drug-likeness (QED) is 0.603. The van der Waals surface area contributed by atoms with Crippen LogP contribution in [0.4, 0.5) is 5.69 Å². The van der Waals surface area contributed by atoms with Gasteiger partial charge >= 0.3 is 0 Å². The number of amides is 2. The standard InChI is InChI=1S/C25H30N4O4S/c1-19-4-10-22(11-5-19)34(32,33)29-17-13-26-25(31)23(29)18-24(30)27-21-8-6-20(7-9-21)12-16-28-14-2-3-15-28/h4-11,13,17,23H,2-3,12,14-16,18H2,1H3,(H,26,31)(H,27,30)/t23-/m1/s1. The molecule has 2 aromatic rings. The van der Waals surface area contributed by atoms with Crippen molar-refractivity contribution in [1.29, 1.82) is 0 Å². The zero-order valence-electron chi connectivity index (χ0n) is 19.2. The Morgan fingerprint density at radius 1 is 1.06 bits per heavy atom. The lowest BCUT2D eigenvalue weighted by molar-refractivity contribution is -0.127. The molecule has 1 atom stereocenters. The number of nitrogens with one attached hydrogen (secondary N) is 2. The molecule has 0 unspecified atom stereocenters. The van der Waals surface area contributed by atoms with Crippen molar-refractivity contribution in [1.82, 2.24) is 14.5 Å². The average molecular weight is 483 g/mol. The minimum Gasteiger partial charge on any atom is -0.329 e. The first kappa shape index (κ1) is 24.0. The van der Waals surface area contributed by atoms with Crippen LogP contribution in [0.15, 0.2) is 65.8 Å². The molecule has 2 amide bonds. The molecule has 0 bridgehead atoms. The zero-order valence-corrected chi connectivity index (χ0v) is 20.1. The lowest BCUT2D eigenvalue weighted by Crippen LogP contribution is -2.50. The van der Waals surface area contributed by atoms with Gasteiger partial charge in [0.25, 0.3) is 10.0 Å².